The molecule has 0 aromatic heterocycles. The fourth-order valence-corrected chi connectivity index (χ4v) is 7.81. The Morgan fingerprint density at radius 1 is 0.739 bits per heavy atom. The van der Waals surface area contributed by atoms with Gasteiger partial charge in [-0.05, 0) is 32.9 Å². The first-order chi connectivity index (χ1) is 21.3. The Kier molecular flexibility index (Phi) is 9.30. The molecular formula is C32H40O14. The van der Waals surface area contributed by atoms with Crippen molar-refractivity contribution in [2.75, 3.05) is 6.61 Å². The van der Waals surface area contributed by atoms with Gasteiger partial charge in [0.25, 0.3) is 0 Å². The van der Waals surface area contributed by atoms with Gasteiger partial charge in [0.15, 0.2) is 17.8 Å². The van der Waals surface area contributed by atoms with Gasteiger partial charge in [-0.2, -0.15) is 0 Å². The van der Waals surface area contributed by atoms with E-state index in [0.29, 0.717) is 0 Å². The molecule has 2 aliphatic carbocycles. The van der Waals surface area contributed by atoms with Crippen LogP contribution >= 0.6 is 0 Å². The van der Waals surface area contributed by atoms with Gasteiger partial charge >= 0.3 is 35.8 Å². The lowest BCUT2D eigenvalue weighted by Gasteiger charge is -2.66. The normalized spacial score (nSPS) is 35.5. The fraction of sp³-hybridized carbons (Fsp3) is 0.625. The van der Waals surface area contributed by atoms with Crippen LogP contribution in [0.3, 0.4) is 0 Å². The van der Waals surface area contributed by atoms with Gasteiger partial charge in [0.2, 0.25) is 0 Å². The number of benzene rings is 1. The standard InChI is InChI=1S/C32H40O14/c1-16(33)40-15-31-25(43-19(4)36)22(41-17(2)34)14-30(8,39)32(31)26(44-20(5)37)23(29(6,7)46-32)24(42-18(3)35)27(31)45-28(38)21-12-10-9-11-13-21/h9-13,22-27,39H,14-15H2,1-8H3/t22-,23-,24+,25+,26+,27-,30-,31+,32+/m0/s1. The molecule has 1 N–H and O–H groups in total. The Morgan fingerprint density at radius 2 is 1.28 bits per heavy atom. The first-order valence-electron chi connectivity index (χ1n) is 14.8. The molecule has 4 rings (SSSR count). The molecule has 1 aromatic rings. The number of rotatable bonds is 8. The summed E-state index contributed by atoms with van der Waals surface area (Å²) in [5.74, 6) is -6.19. The van der Waals surface area contributed by atoms with Crippen LogP contribution in [0.4, 0.5) is 0 Å². The molecule has 46 heavy (non-hydrogen) atoms. The monoisotopic (exact) mass is 648 g/mol. The van der Waals surface area contributed by atoms with Gasteiger partial charge in [-0.15, -0.1) is 0 Å². The van der Waals surface area contributed by atoms with E-state index in [1.54, 1.807) is 32.0 Å². The molecule has 9 atom stereocenters. The predicted molar refractivity (Wildman–Crippen MR) is 154 cm³/mol. The molecule has 1 aromatic carbocycles. The summed E-state index contributed by atoms with van der Waals surface area (Å²) >= 11 is 0. The number of carbonyl (C=O) groups excluding carboxylic acids is 6. The molecule has 14 heteroatoms. The molecule has 3 aliphatic rings. The average Bonchev–Trinajstić information content (AvgIpc) is 3.12. The molecule has 252 valence electrons. The van der Waals surface area contributed by atoms with Crippen molar-refractivity contribution in [2.45, 2.75) is 109 Å². The van der Waals surface area contributed by atoms with Crippen molar-refractivity contribution in [3.8, 4) is 0 Å². The summed E-state index contributed by atoms with van der Waals surface area (Å²) < 4.78 is 41.9. The zero-order valence-corrected chi connectivity index (χ0v) is 27.0. The maximum atomic E-state index is 13.8. The van der Waals surface area contributed by atoms with Crippen molar-refractivity contribution in [1.82, 2.24) is 0 Å². The van der Waals surface area contributed by atoms with Gasteiger partial charge < -0.3 is 38.3 Å². The summed E-state index contributed by atoms with van der Waals surface area (Å²) in [6.07, 6.45) is -8.28. The highest BCUT2D eigenvalue weighted by Crippen LogP contribution is 2.69. The van der Waals surface area contributed by atoms with E-state index < -0.39 is 107 Å². The molecule has 1 spiro atoms. The second-order valence-electron chi connectivity index (χ2n) is 12.7. The predicted octanol–water partition coefficient (Wildman–Crippen LogP) is 1.82. The smallest absolute Gasteiger partial charge is 0.338 e. The Hall–Kier alpha value is -4.04. The molecule has 2 bridgehead atoms. The van der Waals surface area contributed by atoms with Crippen molar-refractivity contribution in [1.29, 1.82) is 0 Å². The van der Waals surface area contributed by atoms with Crippen LogP contribution in [0, 0.1) is 11.3 Å². The van der Waals surface area contributed by atoms with Crippen molar-refractivity contribution in [2.24, 2.45) is 11.3 Å². The number of hydrogen-bond donors (Lipinski definition) is 1. The third-order valence-corrected chi connectivity index (χ3v) is 9.01. The molecule has 2 saturated carbocycles. The van der Waals surface area contributed by atoms with E-state index in [1.165, 1.54) is 19.1 Å². The molecule has 3 fully saturated rings. The van der Waals surface area contributed by atoms with Gasteiger partial charge in [-0.1, -0.05) is 18.2 Å². The molecule has 14 nitrogen and oxygen atoms in total. The molecule has 0 unspecified atom stereocenters. The number of aliphatic hydroxyl groups is 1. The summed E-state index contributed by atoms with van der Waals surface area (Å²) in [4.78, 5) is 77.1. The van der Waals surface area contributed by atoms with Gasteiger partial charge in [0.05, 0.1) is 22.7 Å². The van der Waals surface area contributed by atoms with Crippen LogP contribution in [0.2, 0.25) is 0 Å². The number of carbonyl (C=O) groups is 6. The highest BCUT2D eigenvalue weighted by molar-refractivity contribution is 5.89. The molecular weight excluding hydrogens is 608 g/mol. The first-order valence-corrected chi connectivity index (χ1v) is 14.8. The Balaban J connectivity index is 2.18. The van der Waals surface area contributed by atoms with E-state index in [-0.39, 0.29) is 5.56 Å². The summed E-state index contributed by atoms with van der Waals surface area (Å²) in [5.41, 5.74) is -7.92. The highest BCUT2D eigenvalue weighted by Gasteiger charge is 2.89. The quantitative estimate of drug-likeness (QED) is 0.318. The van der Waals surface area contributed by atoms with E-state index in [2.05, 4.69) is 0 Å². The zero-order valence-electron chi connectivity index (χ0n) is 27.0. The van der Waals surface area contributed by atoms with Gasteiger partial charge in [-0.25, -0.2) is 4.79 Å². The first kappa shape index (κ1) is 34.8. The molecule has 1 aliphatic heterocycles. The molecule has 0 amide bonds. The summed E-state index contributed by atoms with van der Waals surface area (Å²) in [6, 6.07) is 7.80. The Labute approximate surface area is 265 Å². The van der Waals surface area contributed by atoms with E-state index in [9.17, 15) is 33.9 Å². The van der Waals surface area contributed by atoms with E-state index in [0.717, 1.165) is 34.6 Å². The maximum absolute atomic E-state index is 13.8. The number of hydrogen-bond acceptors (Lipinski definition) is 14. The Morgan fingerprint density at radius 3 is 1.80 bits per heavy atom. The van der Waals surface area contributed by atoms with Gasteiger partial charge in [0.1, 0.15) is 30.3 Å². The molecule has 0 radical (unpaired) electrons. The van der Waals surface area contributed by atoms with Crippen LogP contribution in [0.5, 0.6) is 0 Å². The lowest BCUT2D eigenvalue weighted by atomic mass is 9.45. The topological polar surface area (TPSA) is 187 Å². The number of fused-ring (bicyclic) bond motifs is 1. The number of ether oxygens (including phenoxy) is 7. The molecule has 1 heterocycles. The van der Waals surface area contributed by atoms with Crippen molar-refractivity contribution < 1.29 is 67.0 Å². The third-order valence-electron chi connectivity index (χ3n) is 9.01. The largest absolute Gasteiger partial charge is 0.465 e. The lowest BCUT2D eigenvalue weighted by molar-refractivity contribution is -0.363. The van der Waals surface area contributed by atoms with Crippen LogP contribution in [0.25, 0.3) is 0 Å². The minimum atomic E-state index is -2.25. The van der Waals surface area contributed by atoms with Crippen LogP contribution in [-0.4, -0.2) is 94.9 Å². The van der Waals surface area contributed by atoms with Gasteiger partial charge in [-0.3, -0.25) is 24.0 Å². The second-order valence-corrected chi connectivity index (χ2v) is 12.7. The van der Waals surface area contributed by atoms with Crippen LogP contribution < -0.4 is 0 Å². The van der Waals surface area contributed by atoms with Crippen LogP contribution in [0.15, 0.2) is 30.3 Å². The summed E-state index contributed by atoms with van der Waals surface area (Å²) in [6.45, 7) is 9.26. The Bertz CT molecular complexity index is 1400. The average molecular weight is 649 g/mol. The van der Waals surface area contributed by atoms with E-state index >= 15 is 0 Å². The maximum Gasteiger partial charge on any atom is 0.338 e. The minimum absolute atomic E-state index is 0.0820. The minimum Gasteiger partial charge on any atom is -0.465 e. The van der Waals surface area contributed by atoms with Crippen LogP contribution in [0.1, 0.15) is 72.2 Å². The fourth-order valence-electron chi connectivity index (χ4n) is 7.81. The number of esters is 6. The van der Waals surface area contributed by atoms with E-state index in [4.69, 9.17) is 33.2 Å². The second kappa shape index (κ2) is 12.3. The third kappa shape index (κ3) is 5.72. The van der Waals surface area contributed by atoms with Crippen molar-refractivity contribution >= 4 is 35.8 Å². The van der Waals surface area contributed by atoms with Crippen molar-refractivity contribution in [3.05, 3.63) is 35.9 Å². The van der Waals surface area contributed by atoms with Crippen molar-refractivity contribution in [3.63, 3.8) is 0 Å². The van der Waals surface area contributed by atoms with Crippen LogP contribution in [-0.2, 0) is 57.1 Å². The lowest BCUT2D eigenvalue weighted by Crippen LogP contribution is -2.85. The summed E-state index contributed by atoms with van der Waals surface area (Å²) in [7, 11) is 0. The van der Waals surface area contributed by atoms with Gasteiger partial charge in [0, 0.05) is 41.0 Å². The SMILES string of the molecule is CC(=O)OC[C@]12[C@H](OC(C)=O)[C@@H](OC(C)=O)C[C@](C)(O)[C@@]13OC(C)(C)[C@@H]([C@@H](OC(C)=O)[C@@H]2OC(=O)c1ccccc1)[C@H]3OC(C)=O. The zero-order chi connectivity index (χ0) is 34.4. The van der Waals surface area contributed by atoms with E-state index in [1.807, 2.05) is 0 Å². The highest BCUT2D eigenvalue weighted by atomic mass is 16.7. The summed E-state index contributed by atoms with van der Waals surface area (Å²) in [5, 5.41) is 12.5. The molecule has 1 saturated heterocycles.